The predicted molar refractivity (Wildman–Crippen MR) is 129 cm³/mol. The number of ether oxygens (including phenoxy) is 3. The van der Waals surface area contributed by atoms with Crippen LogP contribution in [0.3, 0.4) is 0 Å². The number of unbranched alkanes of at least 4 members (excludes halogenated alkanes) is 7. The summed E-state index contributed by atoms with van der Waals surface area (Å²) in [4.78, 5) is 13.1. The van der Waals surface area contributed by atoms with Gasteiger partial charge in [-0.25, -0.2) is 0 Å². The van der Waals surface area contributed by atoms with Crippen molar-refractivity contribution in [3.05, 3.63) is 28.6 Å². The first-order valence-corrected chi connectivity index (χ1v) is 12.2. The number of pyridine rings is 1. The van der Waals surface area contributed by atoms with E-state index in [4.69, 9.17) is 14.2 Å². The highest BCUT2D eigenvalue weighted by Gasteiger charge is 2.19. The molecule has 0 bridgehead atoms. The van der Waals surface area contributed by atoms with Gasteiger partial charge in [0.15, 0.2) is 5.75 Å². The molecule has 0 unspecified atom stereocenters. The summed E-state index contributed by atoms with van der Waals surface area (Å²) in [5, 5.41) is 0.891. The van der Waals surface area contributed by atoms with Crippen LogP contribution in [0.2, 0.25) is 0 Å². The van der Waals surface area contributed by atoms with Crippen LogP contribution in [0, 0.1) is 0 Å². The minimum atomic E-state index is -0.160. The molecule has 1 aromatic carbocycles. The summed E-state index contributed by atoms with van der Waals surface area (Å²) in [5.74, 6) is 1.68. The summed E-state index contributed by atoms with van der Waals surface area (Å²) in [6, 6.07) is 5.90. The lowest BCUT2D eigenvalue weighted by atomic mass is 10.1. The number of aromatic nitrogens is 1. The van der Waals surface area contributed by atoms with E-state index in [0.717, 1.165) is 48.8 Å². The highest BCUT2D eigenvalue weighted by atomic mass is 16.5. The zero-order valence-corrected chi connectivity index (χ0v) is 20.0. The van der Waals surface area contributed by atoms with Crippen LogP contribution in [0.25, 0.3) is 10.9 Å². The van der Waals surface area contributed by atoms with Crippen molar-refractivity contribution >= 4 is 10.9 Å². The molecule has 0 saturated carbocycles. The van der Waals surface area contributed by atoms with Gasteiger partial charge in [-0.15, -0.1) is 0 Å². The molecule has 0 amide bonds. The molecule has 5 nitrogen and oxygen atoms in total. The monoisotopic (exact) mass is 431 g/mol. The Bertz CT molecular complexity index is 843. The molecule has 0 atom stereocenters. The van der Waals surface area contributed by atoms with Gasteiger partial charge >= 0.3 is 0 Å². The fourth-order valence-electron chi connectivity index (χ4n) is 3.56. The van der Waals surface area contributed by atoms with Crippen molar-refractivity contribution in [2.24, 2.45) is 7.05 Å². The summed E-state index contributed by atoms with van der Waals surface area (Å²) in [6.07, 6.45) is 11.1. The number of benzene rings is 1. The van der Waals surface area contributed by atoms with Crippen molar-refractivity contribution in [2.75, 3.05) is 19.8 Å². The molecule has 0 radical (unpaired) electrons. The zero-order chi connectivity index (χ0) is 22.5. The normalized spacial score (nSPS) is 11.1. The molecule has 0 aliphatic carbocycles. The number of hydrogen-bond acceptors (Lipinski definition) is 4. The van der Waals surface area contributed by atoms with E-state index in [9.17, 15) is 4.79 Å². The Hall–Kier alpha value is -2.17. The average molecular weight is 432 g/mol. The van der Waals surface area contributed by atoms with Crippen LogP contribution in [0.5, 0.6) is 17.2 Å². The Kier molecular flexibility index (Phi) is 11.3. The summed E-state index contributed by atoms with van der Waals surface area (Å²) in [5.41, 5.74) is 0.648. The smallest absolute Gasteiger partial charge is 0.297 e. The van der Waals surface area contributed by atoms with E-state index in [0.29, 0.717) is 31.3 Å². The molecule has 2 aromatic rings. The SMILES string of the molecule is CCCCCCOc1ccc2c(OCCCCCC)c(OCCCC)c(=O)n(C)c2c1. The van der Waals surface area contributed by atoms with E-state index in [1.165, 1.54) is 32.1 Å². The van der Waals surface area contributed by atoms with Crippen LogP contribution in [-0.2, 0) is 7.05 Å². The molecule has 0 aliphatic heterocycles. The molecular weight excluding hydrogens is 390 g/mol. The lowest BCUT2D eigenvalue weighted by Gasteiger charge is -2.18. The van der Waals surface area contributed by atoms with Gasteiger partial charge in [0.1, 0.15) is 5.75 Å². The number of hydrogen-bond donors (Lipinski definition) is 0. The fourth-order valence-corrected chi connectivity index (χ4v) is 3.56. The quantitative estimate of drug-likeness (QED) is 0.280. The van der Waals surface area contributed by atoms with Gasteiger partial charge in [-0.05, 0) is 31.4 Å². The largest absolute Gasteiger partial charge is 0.494 e. The number of aryl methyl sites for hydroxylation is 1. The number of fused-ring (bicyclic) bond motifs is 1. The second kappa shape index (κ2) is 14.0. The van der Waals surface area contributed by atoms with E-state index in [2.05, 4.69) is 20.8 Å². The van der Waals surface area contributed by atoms with Crippen LogP contribution >= 0.6 is 0 Å². The van der Waals surface area contributed by atoms with Gasteiger partial charge in [-0.2, -0.15) is 0 Å². The maximum absolute atomic E-state index is 13.1. The van der Waals surface area contributed by atoms with E-state index in [1.54, 1.807) is 11.6 Å². The Morgan fingerprint density at radius 3 is 1.94 bits per heavy atom. The molecule has 1 aromatic heterocycles. The van der Waals surface area contributed by atoms with Gasteiger partial charge in [0.05, 0.1) is 25.3 Å². The summed E-state index contributed by atoms with van der Waals surface area (Å²) < 4.78 is 19.7. The molecule has 2 rings (SSSR count). The van der Waals surface area contributed by atoms with Crippen LogP contribution in [0.4, 0.5) is 0 Å². The third-order valence-corrected chi connectivity index (χ3v) is 5.54. The second-order valence-corrected chi connectivity index (χ2v) is 8.22. The maximum Gasteiger partial charge on any atom is 0.297 e. The van der Waals surface area contributed by atoms with Crippen molar-refractivity contribution < 1.29 is 14.2 Å². The maximum atomic E-state index is 13.1. The molecule has 0 fully saturated rings. The van der Waals surface area contributed by atoms with Gasteiger partial charge in [-0.3, -0.25) is 4.79 Å². The van der Waals surface area contributed by atoms with E-state index < -0.39 is 0 Å². The Labute approximate surface area is 187 Å². The third kappa shape index (κ3) is 7.48. The molecule has 31 heavy (non-hydrogen) atoms. The topological polar surface area (TPSA) is 49.7 Å². The van der Waals surface area contributed by atoms with Crippen LogP contribution in [-0.4, -0.2) is 24.4 Å². The predicted octanol–water partition coefficient (Wildman–Crippen LogP) is 6.64. The standard InChI is InChI=1S/C26H41NO4/c1-5-8-11-13-18-29-21-15-16-22-23(20-21)27(4)26(28)25(31-17-10-7-3)24(22)30-19-14-12-9-6-2/h15-16,20H,5-14,17-19H2,1-4H3. The number of rotatable bonds is 16. The third-order valence-electron chi connectivity index (χ3n) is 5.54. The van der Waals surface area contributed by atoms with Crippen molar-refractivity contribution in [2.45, 2.75) is 85.0 Å². The van der Waals surface area contributed by atoms with Crippen LogP contribution in [0.15, 0.2) is 23.0 Å². The fraction of sp³-hybridized carbons (Fsp3) is 0.654. The highest BCUT2D eigenvalue weighted by Crippen LogP contribution is 2.34. The number of nitrogens with zero attached hydrogens (tertiary/aromatic N) is 1. The van der Waals surface area contributed by atoms with Gasteiger partial charge in [0.2, 0.25) is 5.75 Å². The Morgan fingerprint density at radius 2 is 1.29 bits per heavy atom. The first-order valence-electron chi connectivity index (χ1n) is 12.2. The van der Waals surface area contributed by atoms with Gasteiger partial charge < -0.3 is 18.8 Å². The first-order chi connectivity index (χ1) is 15.1. The average Bonchev–Trinajstić information content (AvgIpc) is 2.78. The summed E-state index contributed by atoms with van der Waals surface area (Å²) >= 11 is 0. The zero-order valence-electron chi connectivity index (χ0n) is 20.0. The summed E-state index contributed by atoms with van der Waals surface area (Å²) in [7, 11) is 1.79. The lowest BCUT2D eigenvalue weighted by Crippen LogP contribution is -2.21. The van der Waals surface area contributed by atoms with Gasteiger partial charge in [0, 0.05) is 18.5 Å². The van der Waals surface area contributed by atoms with E-state index in [-0.39, 0.29) is 5.56 Å². The molecule has 0 spiro atoms. The summed E-state index contributed by atoms with van der Waals surface area (Å²) in [6.45, 7) is 8.30. The Morgan fingerprint density at radius 1 is 0.710 bits per heavy atom. The first kappa shape index (κ1) is 25.1. The minimum Gasteiger partial charge on any atom is -0.494 e. The van der Waals surface area contributed by atoms with Crippen molar-refractivity contribution in [3.8, 4) is 17.2 Å². The van der Waals surface area contributed by atoms with Crippen molar-refractivity contribution in [1.82, 2.24) is 4.57 Å². The van der Waals surface area contributed by atoms with Crippen molar-refractivity contribution in [1.29, 1.82) is 0 Å². The second-order valence-electron chi connectivity index (χ2n) is 8.22. The van der Waals surface area contributed by atoms with E-state index >= 15 is 0 Å². The van der Waals surface area contributed by atoms with Crippen molar-refractivity contribution in [3.63, 3.8) is 0 Å². The molecule has 5 heteroatoms. The van der Waals surface area contributed by atoms with Crippen LogP contribution in [0.1, 0.15) is 85.0 Å². The molecular formula is C26H41NO4. The molecule has 174 valence electrons. The highest BCUT2D eigenvalue weighted by molar-refractivity contribution is 5.89. The minimum absolute atomic E-state index is 0.160. The molecule has 0 saturated heterocycles. The van der Waals surface area contributed by atoms with Gasteiger partial charge in [-0.1, -0.05) is 65.7 Å². The van der Waals surface area contributed by atoms with Gasteiger partial charge in [0.25, 0.3) is 5.56 Å². The Balaban J connectivity index is 2.28. The van der Waals surface area contributed by atoms with Crippen LogP contribution < -0.4 is 19.8 Å². The molecule has 0 N–H and O–H groups in total. The van der Waals surface area contributed by atoms with E-state index in [1.807, 2.05) is 18.2 Å². The molecule has 1 heterocycles. The lowest BCUT2D eigenvalue weighted by molar-refractivity contribution is 0.259. The molecule has 0 aliphatic rings.